The normalized spacial score (nSPS) is 24.4. The molecule has 0 aromatic heterocycles. The average Bonchev–Trinajstić information content (AvgIpc) is 2.71. The summed E-state index contributed by atoms with van der Waals surface area (Å²) in [7, 11) is 0. The number of hydrogen-bond donors (Lipinski definition) is 1. The molecule has 0 radical (unpaired) electrons. The minimum atomic E-state index is -0.818. The Hall–Kier alpha value is -3.20. The summed E-state index contributed by atoms with van der Waals surface area (Å²) in [6, 6.07) is 11.4. The fourth-order valence-electron chi connectivity index (χ4n) is 4.07. The summed E-state index contributed by atoms with van der Waals surface area (Å²) in [5, 5.41) is 15.0. The van der Waals surface area contributed by atoms with Gasteiger partial charge in [-0.2, -0.15) is 0 Å². The standard InChI is InChI=1S/C21H21N3O5S/c1-4-28-19(25)13-5-7-14(8-6-13)23-20(30)22-18-12(2)21(23,3)29-17-10-9-15(24(26)27)11-16(17)18/h5-12,18H,4H2,1-3H3,(H,22,30). The molecule has 2 aromatic carbocycles. The van der Waals surface area contributed by atoms with Crippen LogP contribution in [0.3, 0.4) is 0 Å². The molecular formula is C21H21N3O5S. The molecule has 3 atom stereocenters. The van der Waals surface area contributed by atoms with E-state index in [1.165, 1.54) is 12.1 Å². The number of fused-ring (bicyclic) bond motifs is 4. The number of benzene rings is 2. The number of thiocarbonyl (C=S) groups is 1. The van der Waals surface area contributed by atoms with Crippen LogP contribution in [0.5, 0.6) is 5.75 Å². The predicted molar refractivity (Wildman–Crippen MR) is 115 cm³/mol. The zero-order valence-corrected chi connectivity index (χ0v) is 17.6. The molecule has 1 fully saturated rings. The molecule has 2 bridgehead atoms. The molecule has 2 aliphatic rings. The number of carbonyl (C=O) groups excluding carboxylic acids is 1. The molecule has 2 heterocycles. The molecule has 0 spiro atoms. The predicted octanol–water partition coefficient (Wildman–Crippen LogP) is 3.95. The van der Waals surface area contributed by atoms with Gasteiger partial charge in [-0.1, -0.05) is 6.92 Å². The van der Waals surface area contributed by atoms with E-state index in [1.54, 1.807) is 37.3 Å². The van der Waals surface area contributed by atoms with Gasteiger partial charge in [0, 0.05) is 29.3 Å². The molecule has 4 rings (SSSR count). The number of nitro groups is 1. The largest absolute Gasteiger partial charge is 0.467 e. The highest BCUT2D eigenvalue weighted by molar-refractivity contribution is 7.80. The van der Waals surface area contributed by atoms with E-state index in [0.29, 0.717) is 28.6 Å². The van der Waals surface area contributed by atoms with Crippen LogP contribution in [0.25, 0.3) is 0 Å². The Morgan fingerprint density at radius 1 is 1.33 bits per heavy atom. The van der Waals surface area contributed by atoms with E-state index in [4.69, 9.17) is 21.7 Å². The second kappa shape index (κ2) is 7.24. The third-order valence-electron chi connectivity index (χ3n) is 5.76. The van der Waals surface area contributed by atoms with Gasteiger partial charge in [0.25, 0.3) is 5.69 Å². The fourth-order valence-corrected chi connectivity index (χ4v) is 4.48. The highest BCUT2D eigenvalue weighted by Gasteiger charge is 2.54. The second-order valence-corrected chi connectivity index (χ2v) is 7.84. The topological polar surface area (TPSA) is 93.9 Å². The summed E-state index contributed by atoms with van der Waals surface area (Å²) < 4.78 is 11.4. The number of rotatable bonds is 4. The van der Waals surface area contributed by atoms with Crippen LogP contribution >= 0.6 is 12.2 Å². The lowest BCUT2D eigenvalue weighted by atomic mass is 9.80. The molecule has 156 valence electrons. The molecule has 0 aliphatic carbocycles. The van der Waals surface area contributed by atoms with Gasteiger partial charge in [-0.05, 0) is 56.4 Å². The van der Waals surface area contributed by atoms with Crippen molar-refractivity contribution in [1.82, 2.24) is 5.32 Å². The van der Waals surface area contributed by atoms with E-state index in [0.717, 1.165) is 5.69 Å². The van der Waals surface area contributed by atoms with Crippen molar-refractivity contribution in [2.75, 3.05) is 11.5 Å². The van der Waals surface area contributed by atoms with Gasteiger partial charge >= 0.3 is 5.97 Å². The van der Waals surface area contributed by atoms with E-state index in [9.17, 15) is 14.9 Å². The van der Waals surface area contributed by atoms with Crippen molar-refractivity contribution in [3.63, 3.8) is 0 Å². The lowest BCUT2D eigenvalue weighted by Gasteiger charge is -2.56. The first-order valence-corrected chi connectivity index (χ1v) is 10.0. The van der Waals surface area contributed by atoms with E-state index < -0.39 is 10.6 Å². The van der Waals surface area contributed by atoms with Gasteiger partial charge in [0.2, 0.25) is 0 Å². The van der Waals surface area contributed by atoms with Crippen molar-refractivity contribution in [3.05, 3.63) is 63.7 Å². The minimum absolute atomic E-state index is 0.0119. The summed E-state index contributed by atoms with van der Waals surface area (Å²) in [5.41, 5.74) is 1.13. The van der Waals surface area contributed by atoms with Crippen molar-refractivity contribution < 1.29 is 19.2 Å². The third-order valence-corrected chi connectivity index (χ3v) is 6.06. The minimum Gasteiger partial charge on any atom is -0.467 e. The summed E-state index contributed by atoms with van der Waals surface area (Å²) in [6.45, 7) is 6.03. The first-order chi connectivity index (χ1) is 14.3. The first-order valence-electron chi connectivity index (χ1n) is 9.61. The fraction of sp³-hybridized carbons (Fsp3) is 0.333. The molecule has 0 saturated carbocycles. The Kier molecular flexibility index (Phi) is 4.85. The average molecular weight is 427 g/mol. The smallest absolute Gasteiger partial charge is 0.338 e. The molecule has 1 N–H and O–H groups in total. The van der Waals surface area contributed by atoms with Crippen LogP contribution in [0.4, 0.5) is 11.4 Å². The Morgan fingerprint density at radius 3 is 2.67 bits per heavy atom. The summed E-state index contributed by atoms with van der Waals surface area (Å²) in [4.78, 5) is 24.6. The Labute approximate surface area is 178 Å². The second-order valence-electron chi connectivity index (χ2n) is 7.45. The molecule has 8 nitrogen and oxygen atoms in total. The van der Waals surface area contributed by atoms with E-state index in [2.05, 4.69) is 5.32 Å². The number of ether oxygens (including phenoxy) is 2. The zero-order valence-electron chi connectivity index (χ0n) is 16.7. The highest BCUT2D eigenvalue weighted by atomic mass is 32.1. The molecule has 3 unspecified atom stereocenters. The van der Waals surface area contributed by atoms with Crippen LogP contribution in [0.15, 0.2) is 42.5 Å². The van der Waals surface area contributed by atoms with E-state index in [1.807, 2.05) is 18.7 Å². The van der Waals surface area contributed by atoms with Gasteiger partial charge in [0.05, 0.1) is 23.1 Å². The van der Waals surface area contributed by atoms with E-state index >= 15 is 0 Å². The van der Waals surface area contributed by atoms with Crippen LogP contribution in [0.2, 0.25) is 0 Å². The summed E-state index contributed by atoms with van der Waals surface area (Å²) in [5.74, 6) is 0.116. The van der Waals surface area contributed by atoms with Gasteiger partial charge < -0.3 is 14.8 Å². The number of esters is 1. The molecule has 2 aromatic rings. The lowest BCUT2D eigenvalue weighted by Crippen LogP contribution is -2.69. The quantitative estimate of drug-likeness (QED) is 0.339. The summed E-state index contributed by atoms with van der Waals surface area (Å²) >= 11 is 5.64. The Balaban J connectivity index is 1.72. The van der Waals surface area contributed by atoms with Crippen LogP contribution in [0.1, 0.15) is 42.7 Å². The third kappa shape index (κ3) is 3.06. The van der Waals surface area contributed by atoms with Gasteiger partial charge in [-0.25, -0.2) is 4.79 Å². The van der Waals surface area contributed by atoms with Gasteiger partial charge in [0.1, 0.15) is 5.75 Å². The SMILES string of the molecule is CCOC(=O)c1ccc(N2C(=S)NC3c4cc([N+](=O)[O-])ccc4OC2(C)C3C)cc1. The lowest BCUT2D eigenvalue weighted by molar-refractivity contribution is -0.385. The van der Waals surface area contributed by atoms with Crippen LogP contribution < -0.4 is 15.0 Å². The monoisotopic (exact) mass is 427 g/mol. The van der Waals surface area contributed by atoms with Crippen molar-refractivity contribution >= 4 is 34.7 Å². The molecule has 30 heavy (non-hydrogen) atoms. The maximum absolute atomic E-state index is 12.0. The molecule has 1 saturated heterocycles. The number of nitrogens with zero attached hydrogens (tertiary/aromatic N) is 2. The van der Waals surface area contributed by atoms with Crippen molar-refractivity contribution in [3.8, 4) is 5.75 Å². The van der Waals surface area contributed by atoms with Crippen molar-refractivity contribution in [2.45, 2.75) is 32.5 Å². The highest BCUT2D eigenvalue weighted by Crippen LogP contribution is 2.49. The molecule has 9 heteroatoms. The maximum Gasteiger partial charge on any atom is 0.338 e. The molecular weight excluding hydrogens is 406 g/mol. The van der Waals surface area contributed by atoms with E-state index in [-0.39, 0.29) is 23.6 Å². The van der Waals surface area contributed by atoms with Crippen LogP contribution in [-0.4, -0.2) is 28.3 Å². The summed E-state index contributed by atoms with van der Waals surface area (Å²) in [6.07, 6.45) is 0. The first kappa shape index (κ1) is 20.1. The molecule has 2 aliphatic heterocycles. The van der Waals surface area contributed by atoms with Crippen molar-refractivity contribution in [1.29, 1.82) is 0 Å². The van der Waals surface area contributed by atoms with Crippen LogP contribution in [-0.2, 0) is 4.74 Å². The Morgan fingerprint density at radius 2 is 2.03 bits per heavy atom. The van der Waals surface area contributed by atoms with Gasteiger partial charge in [-0.15, -0.1) is 0 Å². The number of nitrogens with one attached hydrogen (secondary N) is 1. The number of hydrogen-bond acceptors (Lipinski definition) is 6. The maximum atomic E-state index is 12.0. The zero-order chi connectivity index (χ0) is 21.6. The number of carbonyl (C=O) groups is 1. The van der Waals surface area contributed by atoms with Crippen LogP contribution in [0, 0.1) is 16.0 Å². The number of non-ortho nitro benzene ring substituents is 1. The Bertz CT molecular complexity index is 1040. The molecule has 0 amide bonds. The number of nitro benzene ring substituents is 1. The van der Waals surface area contributed by atoms with Gasteiger partial charge in [-0.3, -0.25) is 15.0 Å². The van der Waals surface area contributed by atoms with Gasteiger partial charge in [0.15, 0.2) is 10.8 Å². The number of anilines is 1. The van der Waals surface area contributed by atoms with Crippen molar-refractivity contribution in [2.24, 2.45) is 5.92 Å².